The van der Waals surface area contributed by atoms with Crippen molar-refractivity contribution < 1.29 is 4.79 Å². The van der Waals surface area contributed by atoms with E-state index in [0.717, 1.165) is 18.7 Å². The molecule has 0 atom stereocenters. The second kappa shape index (κ2) is 8.71. The van der Waals surface area contributed by atoms with Gasteiger partial charge in [0.05, 0.1) is 5.69 Å². The van der Waals surface area contributed by atoms with Gasteiger partial charge < -0.3 is 10.2 Å². The number of amides is 2. The number of benzene rings is 2. The fraction of sp³-hybridized carbons (Fsp3) is 0.200. The number of para-hydroxylation sites is 2. The molecule has 0 aliphatic rings. The highest BCUT2D eigenvalue weighted by atomic mass is 16.2. The largest absolute Gasteiger partial charge is 0.375 e. The summed E-state index contributed by atoms with van der Waals surface area (Å²) in [5, 5.41) is 9.97. The molecule has 2 amide bonds. The van der Waals surface area contributed by atoms with Crippen molar-refractivity contribution >= 4 is 17.5 Å². The summed E-state index contributed by atoms with van der Waals surface area (Å²) in [6.45, 7) is 1.47. The third-order valence-electron chi connectivity index (χ3n) is 4.00. The Bertz CT molecular complexity index is 816. The summed E-state index contributed by atoms with van der Waals surface area (Å²) in [6.07, 6.45) is 2.68. The Labute approximate surface area is 153 Å². The van der Waals surface area contributed by atoms with Crippen LogP contribution in [-0.2, 0) is 0 Å². The van der Waals surface area contributed by atoms with E-state index in [1.807, 2.05) is 61.8 Å². The maximum absolute atomic E-state index is 12.0. The van der Waals surface area contributed by atoms with E-state index in [2.05, 4.69) is 32.8 Å². The van der Waals surface area contributed by atoms with E-state index < -0.39 is 0 Å². The first-order chi connectivity index (χ1) is 12.7. The minimum absolute atomic E-state index is 0.245. The van der Waals surface area contributed by atoms with Gasteiger partial charge in [-0.2, -0.15) is 0 Å². The fourth-order valence-corrected chi connectivity index (χ4v) is 2.61. The lowest BCUT2D eigenvalue weighted by Crippen LogP contribution is -2.31. The molecule has 3 rings (SSSR count). The normalized spacial score (nSPS) is 10.3. The standard InChI is InChI=1S/C20H23N5O/c1-24(17-9-4-2-5-10-17)15-8-14-21-20(26)22-19-13-16-25(23-19)18-11-6-3-7-12-18/h2-7,9-13,16H,8,14-15H2,1H3,(H2,21,22,23,26). The lowest BCUT2D eigenvalue weighted by molar-refractivity contribution is 0.252. The van der Waals surface area contributed by atoms with E-state index in [-0.39, 0.29) is 6.03 Å². The fourth-order valence-electron chi connectivity index (χ4n) is 2.61. The minimum atomic E-state index is -0.245. The zero-order chi connectivity index (χ0) is 18.2. The zero-order valence-corrected chi connectivity index (χ0v) is 14.8. The molecule has 6 nitrogen and oxygen atoms in total. The highest BCUT2D eigenvalue weighted by molar-refractivity contribution is 5.88. The third-order valence-corrected chi connectivity index (χ3v) is 4.00. The number of hydrogen-bond acceptors (Lipinski definition) is 3. The van der Waals surface area contributed by atoms with Gasteiger partial charge in [0.25, 0.3) is 0 Å². The van der Waals surface area contributed by atoms with E-state index in [1.54, 1.807) is 10.7 Å². The topological polar surface area (TPSA) is 62.2 Å². The molecule has 0 bridgehead atoms. The molecule has 0 saturated heterocycles. The van der Waals surface area contributed by atoms with Crippen molar-refractivity contribution in [1.29, 1.82) is 0 Å². The number of aromatic nitrogens is 2. The number of anilines is 2. The Morgan fingerprint density at radius 2 is 1.73 bits per heavy atom. The van der Waals surface area contributed by atoms with Crippen molar-refractivity contribution in [3.8, 4) is 5.69 Å². The van der Waals surface area contributed by atoms with E-state index in [1.165, 1.54) is 5.69 Å². The van der Waals surface area contributed by atoms with Crippen LogP contribution < -0.4 is 15.5 Å². The second-order valence-corrected chi connectivity index (χ2v) is 5.97. The number of urea groups is 1. The van der Waals surface area contributed by atoms with Crippen molar-refractivity contribution in [2.75, 3.05) is 30.4 Å². The van der Waals surface area contributed by atoms with E-state index >= 15 is 0 Å². The highest BCUT2D eigenvalue weighted by Gasteiger charge is 2.05. The number of carbonyl (C=O) groups excluding carboxylic acids is 1. The van der Waals surface area contributed by atoms with Gasteiger partial charge >= 0.3 is 6.03 Å². The van der Waals surface area contributed by atoms with E-state index in [9.17, 15) is 4.79 Å². The Balaban J connectivity index is 1.40. The van der Waals surface area contributed by atoms with Crippen LogP contribution >= 0.6 is 0 Å². The molecule has 6 heteroatoms. The molecule has 0 spiro atoms. The average molecular weight is 349 g/mol. The van der Waals surface area contributed by atoms with Gasteiger partial charge in [0.15, 0.2) is 5.82 Å². The SMILES string of the molecule is CN(CCCNC(=O)Nc1ccn(-c2ccccc2)n1)c1ccccc1. The molecule has 0 saturated carbocycles. The molecule has 2 N–H and O–H groups in total. The number of carbonyl (C=O) groups is 1. The minimum Gasteiger partial charge on any atom is -0.375 e. The lowest BCUT2D eigenvalue weighted by Gasteiger charge is -2.19. The molecule has 2 aromatic carbocycles. The quantitative estimate of drug-likeness (QED) is 0.642. The third kappa shape index (κ3) is 4.86. The van der Waals surface area contributed by atoms with Crippen LogP contribution in [0.25, 0.3) is 5.69 Å². The Kier molecular flexibility index (Phi) is 5.88. The van der Waals surface area contributed by atoms with E-state index in [4.69, 9.17) is 0 Å². The smallest absolute Gasteiger partial charge is 0.320 e. The highest BCUT2D eigenvalue weighted by Crippen LogP contribution is 2.11. The summed E-state index contributed by atoms with van der Waals surface area (Å²) in [6, 6.07) is 21.5. The molecule has 1 aromatic heterocycles. The maximum atomic E-state index is 12.0. The molecule has 0 unspecified atom stereocenters. The van der Waals surface area contributed by atoms with Gasteiger partial charge in [-0.25, -0.2) is 9.48 Å². The van der Waals surface area contributed by atoms with Crippen molar-refractivity contribution in [3.63, 3.8) is 0 Å². The first-order valence-corrected chi connectivity index (χ1v) is 8.64. The molecule has 26 heavy (non-hydrogen) atoms. The van der Waals surface area contributed by atoms with Crippen LogP contribution in [0.1, 0.15) is 6.42 Å². The Morgan fingerprint density at radius 1 is 1.04 bits per heavy atom. The molecule has 0 aliphatic carbocycles. The van der Waals surface area contributed by atoms with Gasteiger partial charge in [0.2, 0.25) is 0 Å². The predicted octanol–water partition coefficient (Wildman–Crippen LogP) is 3.52. The molecule has 134 valence electrons. The monoisotopic (exact) mass is 349 g/mol. The molecular formula is C20H23N5O. The first kappa shape index (κ1) is 17.5. The van der Waals surface area contributed by atoms with Crippen LogP contribution in [0.4, 0.5) is 16.3 Å². The summed E-state index contributed by atoms with van der Waals surface area (Å²) in [5.74, 6) is 0.521. The summed E-state index contributed by atoms with van der Waals surface area (Å²) in [5.41, 5.74) is 2.12. The summed E-state index contributed by atoms with van der Waals surface area (Å²) in [7, 11) is 2.05. The van der Waals surface area contributed by atoms with Crippen LogP contribution in [0.15, 0.2) is 72.9 Å². The number of nitrogens with zero attached hydrogens (tertiary/aromatic N) is 3. The second-order valence-electron chi connectivity index (χ2n) is 5.97. The van der Waals surface area contributed by atoms with Gasteiger partial charge in [0, 0.05) is 38.1 Å². The molecule has 1 heterocycles. The summed E-state index contributed by atoms with van der Waals surface area (Å²) in [4.78, 5) is 14.2. The number of rotatable bonds is 7. The zero-order valence-electron chi connectivity index (χ0n) is 14.8. The molecule has 0 fully saturated rings. The van der Waals surface area contributed by atoms with Crippen molar-refractivity contribution in [1.82, 2.24) is 15.1 Å². The van der Waals surface area contributed by atoms with Crippen molar-refractivity contribution in [2.24, 2.45) is 0 Å². The van der Waals surface area contributed by atoms with Gasteiger partial charge in [-0.3, -0.25) is 5.32 Å². The summed E-state index contributed by atoms with van der Waals surface area (Å²) < 4.78 is 1.73. The molecular weight excluding hydrogens is 326 g/mol. The molecule has 0 radical (unpaired) electrons. The van der Waals surface area contributed by atoms with Gasteiger partial charge in [-0.15, -0.1) is 5.10 Å². The van der Waals surface area contributed by atoms with Crippen molar-refractivity contribution in [3.05, 3.63) is 72.9 Å². The molecule has 3 aromatic rings. The number of hydrogen-bond donors (Lipinski definition) is 2. The van der Waals surface area contributed by atoms with Gasteiger partial charge in [0.1, 0.15) is 0 Å². The predicted molar refractivity (Wildman–Crippen MR) is 105 cm³/mol. The van der Waals surface area contributed by atoms with Crippen LogP contribution in [-0.4, -0.2) is 35.9 Å². The maximum Gasteiger partial charge on any atom is 0.320 e. The first-order valence-electron chi connectivity index (χ1n) is 8.64. The lowest BCUT2D eigenvalue weighted by atomic mass is 10.3. The van der Waals surface area contributed by atoms with Crippen LogP contribution in [0.5, 0.6) is 0 Å². The Hall–Kier alpha value is -3.28. The van der Waals surface area contributed by atoms with Crippen molar-refractivity contribution in [2.45, 2.75) is 6.42 Å². The van der Waals surface area contributed by atoms with E-state index in [0.29, 0.717) is 12.4 Å². The van der Waals surface area contributed by atoms with Crippen LogP contribution in [0, 0.1) is 0 Å². The average Bonchev–Trinajstić information content (AvgIpc) is 3.15. The van der Waals surface area contributed by atoms with Crippen LogP contribution in [0.3, 0.4) is 0 Å². The number of nitrogens with one attached hydrogen (secondary N) is 2. The van der Waals surface area contributed by atoms with Gasteiger partial charge in [-0.1, -0.05) is 36.4 Å². The molecule has 0 aliphatic heterocycles. The summed E-state index contributed by atoms with van der Waals surface area (Å²) >= 11 is 0. The Morgan fingerprint density at radius 3 is 2.46 bits per heavy atom. The van der Waals surface area contributed by atoms with Gasteiger partial charge in [-0.05, 0) is 30.7 Å². The van der Waals surface area contributed by atoms with Crippen LogP contribution in [0.2, 0.25) is 0 Å².